The number of rotatable bonds is 7. The van der Waals surface area contributed by atoms with Gasteiger partial charge in [-0.1, -0.05) is 44.2 Å². The summed E-state index contributed by atoms with van der Waals surface area (Å²) in [5, 5.41) is 12.6. The molecule has 1 saturated heterocycles. The van der Waals surface area contributed by atoms with E-state index in [-0.39, 0.29) is 24.6 Å². The molecule has 24 heavy (non-hydrogen) atoms. The van der Waals surface area contributed by atoms with E-state index in [1.54, 1.807) is 0 Å². The van der Waals surface area contributed by atoms with Crippen LogP contribution >= 0.6 is 0 Å². The maximum atomic E-state index is 13.0. The number of likely N-dealkylation sites (N-methyl/N-ethyl adjacent to an activating group) is 1. The van der Waals surface area contributed by atoms with Crippen LogP contribution in [0.2, 0.25) is 0 Å². The average molecular weight is 333 g/mol. The molecular weight excluding hydrogens is 302 g/mol. The fourth-order valence-electron chi connectivity index (χ4n) is 3.27. The van der Waals surface area contributed by atoms with E-state index in [2.05, 4.69) is 36.0 Å². The van der Waals surface area contributed by atoms with Gasteiger partial charge >= 0.3 is 0 Å². The Morgan fingerprint density at radius 3 is 2.33 bits per heavy atom. The smallest absolute Gasteiger partial charge is 0.242 e. The Hall–Kier alpha value is -1.43. The monoisotopic (exact) mass is 333 g/mol. The normalized spacial score (nSPS) is 19.2. The molecular formula is C19H31N3O2. The topological polar surface area (TPSA) is 55.8 Å². The zero-order valence-corrected chi connectivity index (χ0v) is 15.1. The van der Waals surface area contributed by atoms with Crippen molar-refractivity contribution < 1.29 is 9.90 Å². The van der Waals surface area contributed by atoms with Crippen LogP contribution in [-0.2, 0) is 4.79 Å². The van der Waals surface area contributed by atoms with Gasteiger partial charge < -0.3 is 15.3 Å². The van der Waals surface area contributed by atoms with Crippen molar-refractivity contribution >= 4 is 5.91 Å². The number of benzene rings is 1. The average Bonchev–Trinajstić information content (AvgIpc) is 2.57. The van der Waals surface area contributed by atoms with Crippen LogP contribution in [0, 0.1) is 5.92 Å². The number of hydrogen-bond donors (Lipinski definition) is 2. The lowest BCUT2D eigenvalue weighted by Gasteiger charge is -2.38. The highest BCUT2D eigenvalue weighted by Crippen LogP contribution is 2.23. The number of hydrogen-bond acceptors (Lipinski definition) is 4. The van der Waals surface area contributed by atoms with Gasteiger partial charge in [-0.15, -0.1) is 0 Å². The number of nitrogens with zero attached hydrogens (tertiary/aromatic N) is 2. The molecule has 1 aliphatic heterocycles. The van der Waals surface area contributed by atoms with Gasteiger partial charge in [0.15, 0.2) is 0 Å². The van der Waals surface area contributed by atoms with Gasteiger partial charge in [-0.3, -0.25) is 9.69 Å². The van der Waals surface area contributed by atoms with Crippen molar-refractivity contribution in [2.75, 3.05) is 39.8 Å². The van der Waals surface area contributed by atoms with Crippen molar-refractivity contribution in [2.24, 2.45) is 5.92 Å². The van der Waals surface area contributed by atoms with Gasteiger partial charge in [-0.05, 0) is 24.9 Å². The zero-order valence-electron chi connectivity index (χ0n) is 15.1. The van der Waals surface area contributed by atoms with Crippen molar-refractivity contribution in [1.29, 1.82) is 0 Å². The molecule has 1 aromatic rings. The highest BCUT2D eigenvalue weighted by Gasteiger charge is 2.30. The molecule has 0 bridgehead atoms. The molecule has 2 rings (SSSR count). The minimum Gasteiger partial charge on any atom is -0.394 e. The van der Waals surface area contributed by atoms with E-state index in [4.69, 9.17) is 0 Å². The number of piperazine rings is 1. The summed E-state index contributed by atoms with van der Waals surface area (Å²) in [6, 6.07) is 9.47. The third kappa shape index (κ3) is 5.30. The summed E-state index contributed by atoms with van der Waals surface area (Å²) < 4.78 is 0. The van der Waals surface area contributed by atoms with Crippen LogP contribution < -0.4 is 5.32 Å². The summed E-state index contributed by atoms with van der Waals surface area (Å²) in [6.07, 6.45) is 0.784. The first kappa shape index (κ1) is 18.9. The summed E-state index contributed by atoms with van der Waals surface area (Å²) in [7, 11) is 2.11. The molecule has 5 nitrogen and oxygen atoms in total. The number of amides is 1. The number of aliphatic hydroxyl groups excluding tert-OH is 1. The van der Waals surface area contributed by atoms with Crippen LogP contribution in [0.4, 0.5) is 0 Å². The van der Waals surface area contributed by atoms with Gasteiger partial charge in [0.2, 0.25) is 5.91 Å². The standard InChI is InChI=1S/C19H31N3O2/c1-15(2)13-17(14-23)20-19(24)18(16-7-5-4-6-8-16)22-11-9-21(3)10-12-22/h4-8,15,17-18,23H,9-14H2,1-3H3,(H,20,24). The Morgan fingerprint density at radius 2 is 1.79 bits per heavy atom. The van der Waals surface area contributed by atoms with E-state index in [1.807, 2.05) is 30.3 Å². The first-order valence-electron chi connectivity index (χ1n) is 8.90. The molecule has 1 aliphatic rings. The summed E-state index contributed by atoms with van der Waals surface area (Å²) in [6.45, 7) is 7.86. The van der Waals surface area contributed by atoms with Crippen LogP contribution in [0.3, 0.4) is 0 Å². The Labute approximate surface area is 145 Å². The molecule has 134 valence electrons. The number of carbonyl (C=O) groups is 1. The Morgan fingerprint density at radius 1 is 1.17 bits per heavy atom. The van der Waals surface area contributed by atoms with E-state index >= 15 is 0 Å². The second kappa shape index (κ2) is 9.16. The Kier molecular flexibility index (Phi) is 7.21. The van der Waals surface area contributed by atoms with Gasteiger partial charge in [0.25, 0.3) is 0 Å². The van der Waals surface area contributed by atoms with E-state index in [9.17, 15) is 9.90 Å². The fraction of sp³-hybridized carbons (Fsp3) is 0.632. The van der Waals surface area contributed by atoms with Crippen LogP contribution in [0.1, 0.15) is 31.9 Å². The molecule has 1 aromatic carbocycles. The third-order valence-electron chi connectivity index (χ3n) is 4.59. The van der Waals surface area contributed by atoms with Crippen molar-refractivity contribution in [1.82, 2.24) is 15.1 Å². The molecule has 0 saturated carbocycles. The summed E-state index contributed by atoms with van der Waals surface area (Å²) in [5.41, 5.74) is 1.01. The van der Waals surface area contributed by atoms with Crippen molar-refractivity contribution in [3.05, 3.63) is 35.9 Å². The van der Waals surface area contributed by atoms with Crippen LogP contribution in [0.25, 0.3) is 0 Å². The predicted molar refractivity (Wildman–Crippen MR) is 96.7 cm³/mol. The molecule has 2 N–H and O–H groups in total. The Bertz CT molecular complexity index is 499. The fourth-order valence-corrected chi connectivity index (χ4v) is 3.27. The van der Waals surface area contributed by atoms with E-state index < -0.39 is 0 Å². The zero-order chi connectivity index (χ0) is 17.5. The summed E-state index contributed by atoms with van der Waals surface area (Å²) in [5.74, 6) is 0.423. The van der Waals surface area contributed by atoms with Crippen molar-refractivity contribution in [3.63, 3.8) is 0 Å². The second-order valence-electron chi connectivity index (χ2n) is 7.17. The Balaban J connectivity index is 2.14. The van der Waals surface area contributed by atoms with Crippen LogP contribution in [-0.4, -0.2) is 66.7 Å². The van der Waals surface area contributed by atoms with Crippen molar-refractivity contribution in [3.8, 4) is 0 Å². The first-order chi connectivity index (χ1) is 11.5. The molecule has 5 heteroatoms. The SMILES string of the molecule is CC(C)CC(CO)NC(=O)C(c1ccccc1)N1CCN(C)CC1. The molecule has 1 heterocycles. The molecule has 2 atom stereocenters. The highest BCUT2D eigenvalue weighted by molar-refractivity contribution is 5.83. The summed E-state index contributed by atoms with van der Waals surface area (Å²) >= 11 is 0. The van der Waals surface area contributed by atoms with E-state index in [0.717, 1.165) is 38.2 Å². The minimum absolute atomic E-state index is 0.00884. The third-order valence-corrected chi connectivity index (χ3v) is 4.59. The molecule has 0 spiro atoms. The lowest BCUT2D eigenvalue weighted by Crippen LogP contribution is -2.51. The second-order valence-corrected chi connectivity index (χ2v) is 7.17. The molecule has 0 aliphatic carbocycles. The maximum Gasteiger partial charge on any atom is 0.242 e. The lowest BCUT2D eigenvalue weighted by atomic mass is 10.0. The van der Waals surface area contributed by atoms with Crippen LogP contribution in [0.5, 0.6) is 0 Å². The maximum absolute atomic E-state index is 13.0. The lowest BCUT2D eigenvalue weighted by molar-refractivity contribution is -0.128. The van der Waals surface area contributed by atoms with Crippen LogP contribution in [0.15, 0.2) is 30.3 Å². The molecule has 0 radical (unpaired) electrons. The largest absolute Gasteiger partial charge is 0.394 e. The molecule has 1 fully saturated rings. The minimum atomic E-state index is -0.291. The number of carbonyl (C=O) groups excluding carboxylic acids is 1. The number of aliphatic hydroxyl groups is 1. The molecule has 1 amide bonds. The summed E-state index contributed by atoms with van der Waals surface area (Å²) in [4.78, 5) is 17.5. The van der Waals surface area contributed by atoms with Gasteiger partial charge in [-0.25, -0.2) is 0 Å². The first-order valence-corrected chi connectivity index (χ1v) is 8.90. The highest BCUT2D eigenvalue weighted by atomic mass is 16.3. The van der Waals surface area contributed by atoms with Gasteiger partial charge in [0.05, 0.1) is 12.6 Å². The van der Waals surface area contributed by atoms with E-state index in [1.165, 1.54) is 0 Å². The predicted octanol–water partition coefficient (Wildman–Crippen LogP) is 1.50. The molecule has 2 unspecified atom stereocenters. The number of nitrogens with one attached hydrogen (secondary N) is 1. The van der Waals surface area contributed by atoms with Gasteiger partial charge in [0, 0.05) is 26.2 Å². The molecule has 0 aromatic heterocycles. The quantitative estimate of drug-likeness (QED) is 0.794. The van der Waals surface area contributed by atoms with E-state index in [0.29, 0.717) is 5.92 Å². The van der Waals surface area contributed by atoms with Gasteiger partial charge in [0.1, 0.15) is 6.04 Å². The van der Waals surface area contributed by atoms with Gasteiger partial charge in [-0.2, -0.15) is 0 Å². The van der Waals surface area contributed by atoms with Crippen molar-refractivity contribution in [2.45, 2.75) is 32.4 Å².